The lowest BCUT2D eigenvalue weighted by Crippen LogP contribution is -2.37. The second-order valence-corrected chi connectivity index (χ2v) is 8.41. The molecule has 2 fully saturated rings. The summed E-state index contributed by atoms with van der Waals surface area (Å²) in [7, 11) is 1.46. The Bertz CT molecular complexity index is 1200. The normalized spacial score (nSPS) is 22.4. The van der Waals surface area contributed by atoms with Crippen molar-refractivity contribution in [2.75, 3.05) is 17.1 Å². The average molecular weight is 495 g/mol. The number of amides is 2. The molecule has 2 amide bonds. The highest BCUT2D eigenvalue weighted by Gasteiger charge is 2.60. The van der Waals surface area contributed by atoms with E-state index in [2.05, 4.69) is 15.9 Å². The second-order valence-electron chi connectivity index (χ2n) is 7.55. The molecule has 0 radical (unpaired) electrons. The van der Waals surface area contributed by atoms with Crippen LogP contribution in [-0.4, -0.2) is 30.1 Å². The predicted molar refractivity (Wildman–Crippen MR) is 121 cm³/mol. The fourth-order valence-corrected chi connectivity index (χ4v) is 4.76. The van der Waals surface area contributed by atoms with E-state index in [4.69, 9.17) is 9.57 Å². The van der Waals surface area contributed by atoms with Crippen LogP contribution in [0.5, 0.6) is 11.5 Å². The first-order valence-corrected chi connectivity index (χ1v) is 10.8. The first kappa shape index (κ1) is 20.5. The topological polar surface area (TPSA) is 79.3 Å². The largest absolute Gasteiger partial charge is 0.504 e. The molecule has 0 saturated carbocycles. The molecule has 3 atom stereocenters. The van der Waals surface area contributed by atoms with E-state index in [-0.39, 0.29) is 17.4 Å². The SMILES string of the molecule is COc1cc([C@@H]2[C@@H]3C(=O)N(c4ccccc4Br)C(=O)[C@H]3ON2c2ccccc2)ccc1O. The summed E-state index contributed by atoms with van der Waals surface area (Å²) in [6, 6.07) is 20.7. The summed E-state index contributed by atoms with van der Waals surface area (Å²) in [5.41, 5.74) is 1.88. The van der Waals surface area contributed by atoms with Gasteiger partial charge in [0.05, 0.1) is 24.5 Å². The molecule has 8 heteroatoms. The molecule has 0 spiro atoms. The number of carbonyl (C=O) groups excluding carboxylic acids is 2. The van der Waals surface area contributed by atoms with E-state index in [1.807, 2.05) is 36.4 Å². The second kappa shape index (κ2) is 7.96. The summed E-state index contributed by atoms with van der Waals surface area (Å²) in [5.74, 6) is -1.27. The zero-order valence-corrected chi connectivity index (χ0v) is 18.6. The minimum Gasteiger partial charge on any atom is -0.504 e. The van der Waals surface area contributed by atoms with E-state index >= 15 is 0 Å². The Balaban J connectivity index is 1.62. The lowest BCUT2D eigenvalue weighted by atomic mass is 9.90. The highest BCUT2D eigenvalue weighted by molar-refractivity contribution is 9.10. The van der Waals surface area contributed by atoms with Gasteiger partial charge in [0, 0.05) is 4.47 Å². The number of halogens is 1. The Labute approximate surface area is 192 Å². The van der Waals surface area contributed by atoms with Gasteiger partial charge in [-0.05, 0) is 57.9 Å². The van der Waals surface area contributed by atoms with E-state index < -0.39 is 24.0 Å². The third-order valence-electron chi connectivity index (χ3n) is 5.76. The van der Waals surface area contributed by atoms with Crippen molar-refractivity contribution in [3.63, 3.8) is 0 Å². The molecule has 3 aromatic rings. The van der Waals surface area contributed by atoms with Crippen LogP contribution >= 0.6 is 15.9 Å². The smallest absolute Gasteiger partial charge is 0.266 e. The van der Waals surface area contributed by atoms with Crippen molar-refractivity contribution >= 4 is 39.1 Å². The third-order valence-corrected chi connectivity index (χ3v) is 6.44. The fourth-order valence-electron chi connectivity index (χ4n) is 4.30. The van der Waals surface area contributed by atoms with Crippen LogP contribution in [0.1, 0.15) is 11.6 Å². The highest BCUT2D eigenvalue weighted by atomic mass is 79.9. The van der Waals surface area contributed by atoms with E-state index in [0.29, 0.717) is 21.4 Å². The zero-order valence-electron chi connectivity index (χ0n) is 17.0. The number of phenolic OH excluding ortho intramolecular Hbond substituents is 1. The summed E-state index contributed by atoms with van der Waals surface area (Å²) in [4.78, 5) is 34.3. The summed E-state index contributed by atoms with van der Waals surface area (Å²) in [6.07, 6.45) is -0.973. The monoisotopic (exact) mass is 494 g/mol. The van der Waals surface area contributed by atoms with E-state index in [9.17, 15) is 14.7 Å². The van der Waals surface area contributed by atoms with Crippen LogP contribution in [-0.2, 0) is 14.4 Å². The van der Waals surface area contributed by atoms with Crippen LogP contribution in [0.2, 0.25) is 0 Å². The van der Waals surface area contributed by atoms with Crippen molar-refractivity contribution in [3.8, 4) is 11.5 Å². The first-order valence-electron chi connectivity index (χ1n) is 10.0. The summed E-state index contributed by atoms with van der Waals surface area (Å²) >= 11 is 3.43. The van der Waals surface area contributed by atoms with E-state index in [1.165, 1.54) is 18.1 Å². The van der Waals surface area contributed by atoms with Gasteiger partial charge in [0.2, 0.25) is 5.91 Å². The predicted octanol–water partition coefficient (Wildman–Crippen LogP) is 4.21. The number of rotatable bonds is 4. The maximum atomic E-state index is 13.6. The van der Waals surface area contributed by atoms with E-state index in [1.54, 1.807) is 35.4 Å². The molecule has 5 rings (SSSR count). The first-order chi connectivity index (χ1) is 15.5. The van der Waals surface area contributed by atoms with Gasteiger partial charge in [-0.15, -0.1) is 0 Å². The maximum absolute atomic E-state index is 13.6. The van der Waals surface area contributed by atoms with Gasteiger partial charge in [-0.3, -0.25) is 14.4 Å². The fraction of sp³-hybridized carbons (Fsp3) is 0.167. The number of hydrogen-bond acceptors (Lipinski definition) is 6. The van der Waals surface area contributed by atoms with Crippen molar-refractivity contribution in [1.29, 1.82) is 0 Å². The lowest BCUT2D eigenvalue weighted by molar-refractivity contribution is -0.126. The number of para-hydroxylation sites is 2. The molecular formula is C24H19BrN2O5. The molecule has 162 valence electrons. The number of ether oxygens (including phenoxy) is 1. The van der Waals surface area contributed by atoms with Crippen LogP contribution in [0.15, 0.2) is 77.3 Å². The van der Waals surface area contributed by atoms with Crippen LogP contribution in [0.4, 0.5) is 11.4 Å². The molecule has 0 bridgehead atoms. The third kappa shape index (κ3) is 3.14. The van der Waals surface area contributed by atoms with Crippen LogP contribution < -0.4 is 14.7 Å². The Kier molecular flexibility index (Phi) is 5.11. The van der Waals surface area contributed by atoms with E-state index in [0.717, 1.165) is 0 Å². The molecule has 2 heterocycles. The number of anilines is 2. The number of benzene rings is 3. The van der Waals surface area contributed by atoms with Gasteiger partial charge < -0.3 is 9.84 Å². The standard InChI is InChI=1S/C24H19BrN2O5/c1-31-19-13-14(11-12-18(19)28)21-20-22(32-27(21)15-7-3-2-4-8-15)24(30)26(23(20)29)17-10-6-5-9-16(17)25/h2-13,20-22,28H,1H3/t20-,21+,22-/m0/s1. The minimum atomic E-state index is -0.973. The van der Waals surface area contributed by atoms with Crippen molar-refractivity contribution in [1.82, 2.24) is 0 Å². The summed E-state index contributed by atoms with van der Waals surface area (Å²) in [5, 5.41) is 11.7. The van der Waals surface area contributed by atoms with Crippen molar-refractivity contribution in [3.05, 3.63) is 82.8 Å². The highest BCUT2D eigenvalue weighted by Crippen LogP contribution is 2.49. The number of methoxy groups -OCH3 is 1. The number of nitrogens with zero attached hydrogens (tertiary/aromatic N) is 2. The van der Waals surface area contributed by atoms with Gasteiger partial charge in [0.25, 0.3) is 5.91 Å². The van der Waals surface area contributed by atoms with Crippen molar-refractivity contribution in [2.45, 2.75) is 12.1 Å². The number of hydrogen-bond donors (Lipinski definition) is 1. The average Bonchev–Trinajstić information content (AvgIpc) is 3.31. The number of aromatic hydroxyl groups is 1. The Hall–Kier alpha value is -3.36. The van der Waals surface area contributed by atoms with Gasteiger partial charge in [-0.1, -0.05) is 36.4 Å². The molecule has 0 unspecified atom stereocenters. The molecule has 32 heavy (non-hydrogen) atoms. The lowest BCUT2D eigenvalue weighted by Gasteiger charge is -2.29. The zero-order chi connectivity index (χ0) is 22.4. The Morgan fingerprint density at radius 1 is 0.969 bits per heavy atom. The summed E-state index contributed by atoms with van der Waals surface area (Å²) < 4.78 is 5.92. The van der Waals surface area contributed by atoms with Gasteiger partial charge in [0.1, 0.15) is 5.92 Å². The molecule has 2 aliphatic heterocycles. The number of carbonyl (C=O) groups is 2. The molecule has 1 N–H and O–H groups in total. The molecule has 0 aromatic heterocycles. The molecule has 2 aliphatic rings. The van der Waals surface area contributed by atoms with Crippen LogP contribution in [0.3, 0.4) is 0 Å². The Morgan fingerprint density at radius 2 is 1.69 bits per heavy atom. The van der Waals surface area contributed by atoms with Gasteiger partial charge in [0.15, 0.2) is 17.6 Å². The van der Waals surface area contributed by atoms with Crippen LogP contribution in [0.25, 0.3) is 0 Å². The number of phenols is 1. The molecule has 0 aliphatic carbocycles. The molecule has 2 saturated heterocycles. The van der Waals surface area contributed by atoms with Gasteiger partial charge in [-0.25, -0.2) is 9.96 Å². The number of imide groups is 1. The quantitative estimate of drug-likeness (QED) is 0.547. The van der Waals surface area contributed by atoms with Crippen LogP contribution in [0, 0.1) is 5.92 Å². The minimum absolute atomic E-state index is 0.0124. The van der Waals surface area contributed by atoms with Gasteiger partial charge >= 0.3 is 0 Å². The summed E-state index contributed by atoms with van der Waals surface area (Å²) in [6.45, 7) is 0. The number of hydroxylamine groups is 1. The molecule has 7 nitrogen and oxygen atoms in total. The number of fused-ring (bicyclic) bond motifs is 1. The van der Waals surface area contributed by atoms with Gasteiger partial charge in [-0.2, -0.15) is 0 Å². The van der Waals surface area contributed by atoms with Crippen molar-refractivity contribution in [2.24, 2.45) is 5.92 Å². The maximum Gasteiger partial charge on any atom is 0.266 e. The Morgan fingerprint density at radius 3 is 2.41 bits per heavy atom. The molecule has 3 aromatic carbocycles. The van der Waals surface area contributed by atoms with Crippen molar-refractivity contribution < 1.29 is 24.3 Å². The molecular weight excluding hydrogens is 476 g/mol.